The SMILES string of the molecule is Cc1cccc(N2CCNCC2C(N)=O)c1[N+](=O)[O-]. The molecule has 1 unspecified atom stereocenters. The first kappa shape index (κ1) is 13.3. The standard InChI is InChI=1S/C12H16N4O3/c1-8-3-2-4-9(11(8)16(18)19)15-6-5-14-7-10(15)12(13)17/h2-4,10,14H,5-7H2,1H3,(H2,13,17). The van der Waals surface area contributed by atoms with Gasteiger partial charge in [-0.05, 0) is 13.0 Å². The van der Waals surface area contributed by atoms with Gasteiger partial charge in [-0.15, -0.1) is 0 Å². The summed E-state index contributed by atoms with van der Waals surface area (Å²) in [6.07, 6.45) is 0. The molecule has 0 spiro atoms. The number of primary amides is 1. The molecule has 19 heavy (non-hydrogen) atoms. The van der Waals surface area contributed by atoms with Crippen molar-refractivity contribution in [1.82, 2.24) is 5.32 Å². The van der Waals surface area contributed by atoms with E-state index in [1.807, 2.05) is 0 Å². The number of carbonyl (C=O) groups is 1. The van der Waals surface area contributed by atoms with E-state index in [9.17, 15) is 14.9 Å². The minimum atomic E-state index is -0.561. The fraction of sp³-hybridized carbons (Fsp3) is 0.417. The topological polar surface area (TPSA) is 102 Å². The second-order valence-corrected chi connectivity index (χ2v) is 4.52. The van der Waals surface area contributed by atoms with Crippen molar-refractivity contribution in [3.8, 4) is 0 Å². The number of nitro benzene ring substituents is 1. The minimum Gasteiger partial charge on any atom is -0.368 e. The zero-order valence-electron chi connectivity index (χ0n) is 10.6. The number of rotatable bonds is 3. The van der Waals surface area contributed by atoms with E-state index in [1.165, 1.54) is 0 Å². The Labute approximate surface area is 110 Å². The average molecular weight is 264 g/mol. The number of amides is 1. The van der Waals surface area contributed by atoms with Gasteiger partial charge >= 0.3 is 0 Å². The average Bonchev–Trinajstić information content (AvgIpc) is 2.37. The maximum absolute atomic E-state index is 11.5. The van der Waals surface area contributed by atoms with Crippen LogP contribution in [0.2, 0.25) is 0 Å². The highest BCUT2D eigenvalue weighted by molar-refractivity contribution is 5.85. The highest BCUT2D eigenvalue weighted by Crippen LogP contribution is 2.32. The first-order valence-electron chi connectivity index (χ1n) is 6.03. The van der Waals surface area contributed by atoms with Crippen molar-refractivity contribution < 1.29 is 9.72 Å². The largest absolute Gasteiger partial charge is 0.368 e. The number of aryl methyl sites for hydroxylation is 1. The molecule has 2 rings (SSSR count). The Bertz CT molecular complexity index is 518. The smallest absolute Gasteiger partial charge is 0.295 e. The number of para-hydroxylation sites is 1. The molecule has 1 fully saturated rings. The molecule has 0 radical (unpaired) electrons. The Hall–Kier alpha value is -2.15. The third kappa shape index (κ3) is 2.50. The van der Waals surface area contributed by atoms with Gasteiger partial charge in [-0.2, -0.15) is 0 Å². The number of nitro groups is 1. The molecule has 1 aliphatic heterocycles. The molecule has 0 bridgehead atoms. The number of benzene rings is 1. The molecule has 1 heterocycles. The lowest BCUT2D eigenvalue weighted by molar-refractivity contribution is -0.384. The van der Waals surface area contributed by atoms with Crippen LogP contribution in [-0.4, -0.2) is 36.5 Å². The first-order chi connectivity index (χ1) is 9.02. The summed E-state index contributed by atoms with van der Waals surface area (Å²) in [6, 6.07) is 4.53. The Kier molecular flexibility index (Phi) is 3.66. The van der Waals surface area contributed by atoms with Crippen molar-refractivity contribution in [3.05, 3.63) is 33.9 Å². The van der Waals surface area contributed by atoms with Crippen LogP contribution in [0.3, 0.4) is 0 Å². The van der Waals surface area contributed by atoms with Crippen LogP contribution in [-0.2, 0) is 4.79 Å². The molecule has 1 aromatic rings. The van der Waals surface area contributed by atoms with E-state index in [-0.39, 0.29) is 5.69 Å². The predicted molar refractivity (Wildman–Crippen MR) is 71.0 cm³/mol. The number of carbonyl (C=O) groups excluding carboxylic acids is 1. The summed E-state index contributed by atoms with van der Waals surface area (Å²) in [5.74, 6) is -0.483. The lowest BCUT2D eigenvalue weighted by atomic mass is 10.1. The number of nitrogens with two attached hydrogens (primary N) is 1. The lowest BCUT2D eigenvalue weighted by Gasteiger charge is -2.35. The number of nitrogens with one attached hydrogen (secondary N) is 1. The van der Waals surface area contributed by atoms with E-state index in [2.05, 4.69) is 5.32 Å². The van der Waals surface area contributed by atoms with E-state index in [1.54, 1.807) is 30.0 Å². The van der Waals surface area contributed by atoms with Crippen LogP contribution in [0.25, 0.3) is 0 Å². The second kappa shape index (κ2) is 5.23. The molecule has 0 aliphatic carbocycles. The second-order valence-electron chi connectivity index (χ2n) is 4.52. The Morgan fingerprint density at radius 1 is 1.58 bits per heavy atom. The molecular weight excluding hydrogens is 248 g/mol. The fourth-order valence-electron chi connectivity index (χ4n) is 2.36. The maximum atomic E-state index is 11.5. The van der Waals surface area contributed by atoms with Crippen LogP contribution >= 0.6 is 0 Å². The summed E-state index contributed by atoms with van der Waals surface area (Å²) in [5, 5.41) is 14.3. The van der Waals surface area contributed by atoms with Gasteiger partial charge < -0.3 is 16.0 Å². The first-order valence-corrected chi connectivity index (χ1v) is 6.03. The van der Waals surface area contributed by atoms with Crippen LogP contribution in [0, 0.1) is 17.0 Å². The molecule has 102 valence electrons. The molecule has 7 nitrogen and oxygen atoms in total. The van der Waals surface area contributed by atoms with Crippen LogP contribution in [0.5, 0.6) is 0 Å². The van der Waals surface area contributed by atoms with E-state index >= 15 is 0 Å². The predicted octanol–water partition coefficient (Wildman–Crippen LogP) is 0.167. The quantitative estimate of drug-likeness (QED) is 0.598. The van der Waals surface area contributed by atoms with Crippen molar-refractivity contribution in [2.24, 2.45) is 5.73 Å². The summed E-state index contributed by atoms with van der Waals surface area (Å²) < 4.78 is 0. The van der Waals surface area contributed by atoms with Gasteiger partial charge in [0.2, 0.25) is 5.91 Å². The van der Waals surface area contributed by atoms with Gasteiger partial charge in [0.1, 0.15) is 11.7 Å². The summed E-state index contributed by atoms with van der Waals surface area (Å²) in [5.41, 5.74) is 6.43. The summed E-state index contributed by atoms with van der Waals surface area (Å²) in [4.78, 5) is 24.0. The van der Waals surface area contributed by atoms with Gasteiger partial charge in [-0.25, -0.2) is 0 Å². The zero-order valence-corrected chi connectivity index (χ0v) is 10.6. The molecule has 1 saturated heterocycles. The third-order valence-electron chi connectivity index (χ3n) is 3.28. The molecular formula is C12H16N4O3. The van der Waals surface area contributed by atoms with Gasteiger partial charge in [-0.3, -0.25) is 14.9 Å². The van der Waals surface area contributed by atoms with Crippen molar-refractivity contribution in [1.29, 1.82) is 0 Å². The van der Waals surface area contributed by atoms with E-state index in [4.69, 9.17) is 5.73 Å². The van der Waals surface area contributed by atoms with Gasteiger partial charge in [0, 0.05) is 25.2 Å². The zero-order chi connectivity index (χ0) is 14.0. The Morgan fingerprint density at radius 3 is 2.95 bits per heavy atom. The van der Waals surface area contributed by atoms with Crippen LogP contribution < -0.4 is 16.0 Å². The van der Waals surface area contributed by atoms with Crippen LogP contribution in [0.15, 0.2) is 18.2 Å². The third-order valence-corrected chi connectivity index (χ3v) is 3.28. The molecule has 1 aliphatic rings. The summed E-state index contributed by atoms with van der Waals surface area (Å²) in [7, 11) is 0. The molecule has 1 atom stereocenters. The molecule has 0 aromatic heterocycles. The number of anilines is 1. The molecule has 3 N–H and O–H groups in total. The maximum Gasteiger partial charge on any atom is 0.295 e. The van der Waals surface area contributed by atoms with Crippen molar-refractivity contribution >= 4 is 17.3 Å². The molecule has 0 saturated carbocycles. The number of piperazine rings is 1. The Balaban J connectivity index is 2.47. The molecule has 1 amide bonds. The van der Waals surface area contributed by atoms with E-state index in [0.717, 1.165) is 0 Å². The van der Waals surface area contributed by atoms with Gasteiger partial charge in [-0.1, -0.05) is 12.1 Å². The number of hydrogen-bond donors (Lipinski definition) is 2. The lowest BCUT2D eigenvalue weighted by Crippen LogP contribution is -2.57. The summed E-state index contributed by atoms with van der Waals surface area (Å²) >= 11 is 0. The van der Waals surface area contributed by atoms with Crippen molar-refractivity contribution in [3.63, 3.8) is 0 Å². The minimum absolute atomic E-state index is 0.0376. The van der Waals surface area contributed by atoms with Crippen molar-refractivity contribution in [2.45, 2.75) is 13.0 Å². The Morgan fingerprint density at radius 2 is 2.32 bits per heavy atom. The molecule has 7 heteroatoms. The van der Waals surface area contributed by atoms with Crippen LogP contribution in [0.4, 0.5) is 11.4 Å². The normalized spacial score (nSPS) is 19.2. The van der Waals surface area contributed by atoms with Gasteiger partial charge in [0.15, 0.2) is 0 Å². The van der Waals surface area contributed by atoms with E-state index in [0.29, 0.717) is 30.9 Å². The fourth-order valence-corrected chi connectivity index (χ4v) is 2.36. The highest BCUT2D eigenvalue weighted by atomic mass is 16.6. The van der Waals surface area contributed by atoms with E-state index < -0.39 is 16.9 Å². The van der Waals surface area contributed by atoms with Gasteiger partial charge in [0.25, 0.3) is 5.69 Å². The van der Waals surface area contributed by atoms with Crippen molar-refractivity contribution in [2.75, 3.05) is 24.5 Å². The monoisotopic (exact) mass is 264 g/mol. The highest BCUT2D eigenvalue weighted by Gasteiger charge is 2.31. The molecule has 1 aromatic carbocycles. The summed E-state index contributed by atoms with van der Waals surface area (Å²) in [6.45, 7) is 3.26. The van der Waals surface area contributed by atoms with Crippen LogP contribution in [0.1, 0.15) is 5.56 Å². The number of nitrogens with zero attached hydrogens (tertiary/aromatic N) is 2. The van der Waals surface area contributed by atoms with Gasteiger partial charge in [0.05, 0.1) is 4.92 Å². The number of hydrogen-bond acceptors (Lipinski definition) is 5.